The molecular formula is C57H34N4. The summed E-state index contributed by atoms with van der Waals surface area (Å²) in [4.78, 5) is 5.44. The van der Waals surface area contributed by atoms with Gasteiger partial charge in [0.15, 0.2) is 0 Å². The van der Waals surface area contributed by atoms with Crippen molar-refractivity contribution in [2.75, 3.05) is 0 Å². The van der Waals surface area contributed by atoms with E-state index in [2.05, 4.69) is 220 Å². The monoisotopic (exact) mass is 774 g/mol. The highest BCUT2D eigenvalue weighted by Crippen LogP contribution is 2.47. The van der Waals surface area contributed by atoms with Gasteiger partial charge < -0.3 is 9.13 Å². The first kappa shape index (κ1) is 32.7. The first-order valence-electron chi connectivity index (χ1n) is 21.0. The lowest BCUT2D eigenvalue weighted by Crippen LogP contribution is -1.94. The molecule has 14 rings (SSSR count). The largest absolute Gasteiger partial charge is 0.309 e. The molecule has 282 valence electrons. The van der Waals surface area contributed by atoms with E-state index < -0.39 is 0 Å². The Hall–Kier alpha value is -8.21. The number of benzene rings is 9. The lowest BCUT2D eigenvalue weighted by Gasteiger charge is -2.12. The van der Waals surface area contributed by atoms with Crippen molar-refractivity contribution in [2.24, 2.45) is 0 Å². The Morgan fingerprint density at radius 1 is 0.311 bits per heavy atom. The van der Waals surface area contributed by atoms with Gasteiger partial charge in [-0.2, -0.15) is 0 Å². The second-order valence-electron chi connectivity index (χ2n) is 16.3. The molecule has 0 radical (unpaired) electrons. The molecule has 0 aliphatic heterocycles. The first-order chi connectivity index (χ1) is 30.3. The number of hydrogen-bond acceptors (Lipinski definition) is 1. The lowest BCUT2D eigenvalue weighted by molar-refractivity contribution is 1.18. The summed E-state index contributed by atoms with van der Waals surface area (Å²) in [5.41, 5.74) is 16.3. The zero-order valence-electron chi connectivity index (χ0n) is 32.9. The van der Waals surface area contributed by atoms with Crippen LogP contribution in [0.3, 0.4) is 0 Å². The van der Waals surface area contributed by atoms with E-state index >= 15 is 0 Å². The van der Waals surface area contributed by atoms with Gasteiger partial charge in [0.25, 0.3) is 0 Å². The van der Waals surface area contributed by atoms with Crippen LogP contribution in [0.5, 0.6) is 0 Å². The van der Waals surface area contributed by atoms with Crippen molar-refractivity contribution < 1.29 is 0 Å². The number of nitrogens with zero attached hydrogens (tertiary/aromatic N) is 4. The quantitative estimate of drug-likeness (QED) is 0.175. The van der Waals surface area contributed by atoms with Gasteiger partial charge >= 0.3 is 0 Å². The average molecular weight is 775 g/mol. The van der Waals surface area contributed by atoms with Gasteiger partial charge in [-0.25, -0.2) is 4.98 Å². The molecule has 0 unspecified atom stereocenters. The molecule has 5 heterocycles. The average Bonchev–Trinajstić information content (AvgIpc) is 4.05. The number of hydrogen-bond donors (Lipinski definition) is 0. The van der Waals surface area contributed by atoms with Crippen LogP contribution in [-0.4, -0.2) is 18.5 Å². The molecule has 0 spiro atoms. The number of fused-ring (bicyclic) bond motifs is 13. The Morgan fingerprint density at radius 3 is 1.46 bits per heavy atom. The fourth-order valence-electron chi connectivity index (χ4n) is 10.6. The SMILES string of the molecule is c1ccc(-c2c3ccccc3nc3c2c2cc(-n4c5ccccc5c5cc(-c6ccc7c(c6)c6ccccc6n7-c6ccccc6)ccc54)cc4c5ccccc5n3c42)cc1. The van der Waals surface area contributed by atoms with Crippen molar-refractivity contribution in [3.63, 3.8) is 0 Å². The maximum atomic E-state index is 5.44. The Morgan fingerprint density at radius 2 is 0.803 bits per heavy atom. The predicted octanol–water partition coefficient (Wildman–Crippen LogP) is 14.9. The van der Waals surface area contributed by atoms with Gasteiger partial charge in [0.1, 0.15) is 5.65 Å². The molecular weight excluding hydrogens is 741 g/mol. The van der Waals surface area contributed by atoms with E-state index in [1.165, 1.54) is 104 Å². The van der Waals surface area contributed by atoms with Crippen molar-refractivity contribution >= 4 is 92.7 Å². The summed E-state index contributed by atoms with van der Waals surface area (Å²) in [5, 5.41) is 11.0. The van der Waals surface area contributed by atoms with Gasteiger partial charge in [0.05, 0.1) is 38.6 Å². The number of para-hydroxylation sites is 5. The van der Waals surface area contributed by atoms with Crippen molar-refractivity contribution in [3.8, 4) is 33.6 Å². The molecule has 61 heavy (non-hydrogen) atoms. The van der Waals surface area contributed by atoms with Crippen LogP contribution >= 0.6 is 0 Å². The van der Waals surface area contributed by atoms with Crippen molar-refractivity contribution in [3.05, 3.63) is 206 Å². The minimum Gasteiger partial charge on any atom is -0.309 e. The van der Waals surface area contributed by atoms with Crippen LogP contribution < -0.4 is 0 Å². The molecule has 0 fully saturated rings. The fraction of sp³-hybridized carbons (Fsp3) is 0. The van der Waals surface area contributed by atoms with Crippen molar-refractivity contribution in [1.29, 1.82) is 0 Å². The van der Waals surface area contributed by atoms with E-state index in [0.717, 1.165) is 22.2 Å². The van der Waals surface area contributed by atoms with E-state index in [9.17, 15) is 0 Å². The van der Waals surface area contributed by atoms with E-state index in [-0.39, 0.29) is 0 Å². The standard InChI is InChI=1S/C57H34N4/c1-3-15-35(16-4-1)54-43-22-7-11-23-48(43)58-57-55(54)47-34-39(33-46-42-21-10-14-26-51(42)61(57)56(46)47)60-50-25-13-9-20-41(50)45-32-37(28-30-53(45)60)36-27-29-52-44(31-36)40-19-8-12-24-49(40)59(52)38-17-5-2-6-18-38/h1-34H. The number of pyridine rings is 1. The molecule has 0 aliphatic carbocycles. The Balaban J connectivity index is 1.04. The molecule has 14 aromatic rings. The van der Waals surface area contributed by atoms with E-state index in [1.54, 1.807) is 0 Å². The Labute approximate surface area is 349 Å². The van der Waals surface area contributed by atoms with Crippen LogP contribution in [0.1, 0.15) is 0 Å². The van der Waals surface area contributed by atoms with Crippen LogP contribution in [0.4, 0.5) is 0 Å². The Kier molecular flexibility index (Phi) is 6.52. The normalized spacial score (nSPS) is 12.3. The summed E-state index contributed by atoms with van der Waals surface area (Å²) < 4.78 is 7.26. The molecule has 0 aliphatic rings. The third kappa shape index (κ3) is 4.45. The number of aromatic nitrogens is 4. The van der Waals surface area contributed by atoms with Crippen LogP contribution in [0.2, 0.25) is 0 Å². The molecule has 9 aromatic carbocycles. The van der Waals surface area contributed by atoms with Gasteiger partial charge in [-0.1, -0.05) is 133 Å². The molecule has 4 heteroatoms. The van der Waals surface area contributed by atoms with Gasteiger partial charge in [-0.05, 0) is 89.5 Å². The summed E-state index contributed by atoms with van der Waals surface area (Å²) >= 11 is 0. The predicted molar refractivity (Wildman–Crippen MR) is 256 cm³/mol. The maximum absolute atomic E-state index is 5.44. The fourth-order valence-corrected chi connectivity index (χ4v) is 10.6. The molecule has 0 saturated carbocycles. The molecule has 0 saturated heterocycles. The summed E-state index contributed by atoms with van der Waals surface area (Å²) in [6, 6.07) is 75.3. The molecule has 4 nitrogen and oxygen atoms in total. The third-order valence-corrected chi connectivity index (χ3v) is 13.1. The summed E-state index contributed by atoms with van der Waals surface area (Å²) in [5.74, 6) is 0. The maximum Gasteiger partial charge on any atom is 0.146 e. The highest BCUT2D eigenvalue weighted by Gasteiger charge is 2.25. The van der Waals surface area contributed by atoms with Gasteiger partial charge in [-0.15, -0.1) is 0 Å². The van der Waals surface area contributed by atoms with Crippen molar-refractivity contribution in [1.82, 2.24) is 18.5 Å². The summed E-state index contributed by atoms with van der Waals surface area (Å²) in [6.07, 6.45) is 0. The van der Waals surface area contributed by atoms with Crippen LogP contribution in [0.25, 0.3) is 126 Å². The minimum atomic E-state index is 0.992. The van der Waals surface area contributed by atoms with Crippen molar-refractivity contribution in [2.45, 2.75) is 0 Å². The highest BCUT2D eigenvalue weighted by atomic mass is 15.0. The highest BCUT2D eigenvalue weighted by molar-refractivity contribution is 6.28. The zero-order valence-corrected chi connectivity index (χ0v) is 32.9. The molecule has 0 bridgehead atoms. The van der Waals surface area contributed by atoms with E-state index in [4.69, 9.17) is 4.98 Å². The summed E-state index contributed by atoms with van der Waals surface area (Å²) in [6.45, 7) is 0. The minimum absolute atomic E-state index is 0.992. The van der Waals surface area contributed by atoms with E-state index in [0.29, 0.717) is 0 Å². The topological polar surface area (TPSA) is 27.2 Å². The van der Waals surface area contributed by atoms with Gasteiger partial charge in [0, 0.05) is 65.4 Å². The second-order valence-corrected chi connectivity index (χ2v) is 16.3. The third-order valence-electron chi connectivity index (χ3n) is 13.1. The van der Waals surface area contributed by atoms with Crippen LogP contribution in [0.15, 0.2) is 206 Å². The smallest absolute Gasteiger partial charge is 0.146 e. The zero-order chi connectivity index (χ0) is 39.8. The summed E-state index contributed by atoms with van der Waals surface area (Å²) in [7, 11) is 0. The Bertz CT molecular complexity index is 4090. The van der Waals surface area contributed by atoms with Gasteiger partial charge in [0.2, 0.25) is 0 Å². The number of rotatable bonds is 4. The molecule has 0 atom stereocenters. The van der Waals surface area contributed by atoms with E-state index in [1.807, 2.05) is 0 Å². The molecule has 0 N–H and O–H groups in total. The van der Waals surface area contributed by atoms with Crippen LogP contribution in [0, 0.1) is 0 Å². The first-order valence-corrected chi connectivity index (χ1v) is 21.0. The molecule has 5 aromatic heterocycles. The van der Waals surface area contributed by atoms with Crippen LogP contribution in [-0.2, 0) is 0 Å². The lowest BCUT2D eigenvalue weighted by atomic mass is 9.95. The second kappa shape index (κ2) is 12.2. The van der Waals surface area contributed by atoms with Gasteiger partial charge in [-0.3, -0.25) is 4.40 Å². The molecule has 0 amide bonds.